The number of hydrogen-bond acceptors (Lipinski definition) is 8. The van der Waals surface area contributed by atoms with Crippen LogP contribution in [0.5, 0.6) is 0 Å². The molecule has 2 aliphatic rings. The Morgan fingerprint density at radius 1 is 0.662 bits per heavy atom. The van der Waals surface area contributed by atoms with Crippen molar-refractivity contribution in [1.29, 1.82) is 0 Å². The first-order chi connectivity index (χ1) is 30.5. The number of nitrogens with zero attached hydrogens (tertiary/aromatic N) is 4. The first-order valence-electron chi connectivity index (χ1n) is 22.4. The Balaban J connectivity index is 0.00000925. The molecule has 0 unspecified atom stereocenters. The minimum Gasteiger partial charge on any atom is -0.657 e. The molecule has 0 amide bonds. The molecule has 8 bridgehead atoms. The molecular weight excluding hydrogens is 856 g/mol. The van der Waals surface area contributed by atoms with E-state index in [1.807, 2.05) is 32.9 Å². The van der Waals surface area contributed by atoms with Gasteiger partial charge in [-0.1, -0.05) is 100 Å². The summed E-state index contributed by atoms with van der Waals surface area (Å²) in [5, 5.41) is 35.2. The molecule has 3 aromatic heterocycles. The van der Waals surface area contributed by atoms with E-state index in [1.54, 1.807) is 18.2 Å². The van der Waals surface area contributed by atoms with E-state index in [4.69, 9.17) is 19.9 Å². The van der Waals surface area contributed by atoms with Gasteiger partial charge in [0.05, 0.1) is 28.9 Å². The van der Waals surface area contributed by atoms with Gasteiger partial charge in [-0.25, -0.2) is 9.97 Å². The van der Waals surface area contributed by atoms with Crippen molar-refractivity contribution in [2.24, 2.45) is 0 Å². The summed E-state index contributed by atoms with van der Waals surface area (Å²) < 4.78 is 0. The van der Waals surface area contributed by atoms with Gasteiger partial charge in [0.25, 0.3) is 0 Å². The van der Waals surface area contributed by atoms with Gasteiger partial charge in [0.2, 0.25) is 0 Å². The number of aromatic nitrogens is 4. The van der Waals surface area contributed by atoms with Crippen molar-refractivity contribution in [2.75, 3.05) is 0 Å². The van der Waals surface area contributed by atoms with Gasteiger partial charge >= 0.3 is 0 Å². The minimum atomic E-state index is -1.28. The second-order valence-electron chi connectivity index (χ2n) is 17.4. The van der Waals surface area contributed by atoms with Crippen molar-refractivity contribution in [3.05, 3.63) is 129 Å². The Labute approximate surface area is 394 Å². The van der Waals surface area contributed by atoms with Crippen LogP contribution < -0.4 is 20.2 Å². The number of carbonyl (C=O) groups excluding carboxylic acids is 3. The van der Waals surface area contributed by atoms with Crippen molar-refractivity contribution in [2.45, 2.75) is 139 Å². The number of hydrogen-bond donors (Lipinski definition) is 1. The van der Waals surface area contributed by atoms with Gasteiger partial charge in [-0.3, -0.25) is 4.79 Å². The Morgan fingerprint density at radius 2 is 1.15 bits per heavy atom. The number of aliphatic hydroxyl groups is 1. The van der Waals surface area contributed by atoms with E-state index in [-0.39, 0.29) is 54.0 Å². The SMILES string of the molecule is C=CC1=C(C)c2cc3[n-]c(cc4nc(cc5[n-]c(cc1n2)c(C)c5CCC(=O)[O-])C(CCC(=O)[O-])=C4C=O)c(C)c3[C@@H](O)CC/C=C(\C)CC/C=C(\C)CC/C=C(\C)CCC=C(C)C.[Fe]. The largest absolute Gasteiger partial charge is 0.657 e. The monoisotopic (exact) mass is 918 g/mol. The minimum absolute atomic E-state index is 0. The molecule has 1 atom stereocenters. The molecule has 10 nitrogen and oxygen atoms in total. The normalized spacial score (nSPS) is 13.8. The van der Waals surface area contributed by atoms with Gasteiger partial charge in [0, 0.05) is 40.2 Å². The third-order valence-corrected chi connectivity index (χ3v) is 12.1. The molecular formula is C54H62FeN4O6-4. The Bertz CT molecular complexity index is 2660. The molecule has 2 aliphatic heterocycles. The summed E-state index contributed by atoms with van der Waals surface area (Å²) in [5.74, 6) is -2.49. The van der Waals surface area contributed by atoms with E-state index in [0.29, 0.717) is 80.5 Å². The second kappa shape index (κ2) is 24.1. The summed E-state index contributed by atoms with van der Waals surface area (Å²) in [6.45, 7) is 20.6. The molecule has 65 heavy (non-hydrogen) atoms. The average Bonchev–Trinajstić information content (AvgIpc) is 3.91. The predicted octanol–water partition coefficient (Wildman–Crippen LogP) is 9.59. The number of rotatable bonds is 21. The van der Waals surface area contributed by atoms with Crippen LogP contribution in [0.3, 0.4) is 0 Å². The van der Waals surface area contributed by atoms with E-state index in [0.717, 1.165) is 55.2 Å². The molecule has 3 aromatic rings. The van der Waals surface area contributed by atoms with Gasteiger partial charge in [-0.2, -0.15) is 0 Å². The standard InChI is InChI=1S/C54H66N4O6.Fe/c1-10-39-36(7)44-29-50-54(51(60)22-14-21-35(6)20-13-19-34(5)18-12-17-33(4)16-11-15-32(2)3)38(9)45(57-50)28-49-42(31-59)41(24-26-53(63)64)48(58-49)30-47-40(23-25-52(61)62)37(8)43(56-47)27-46(39)55-44;/h10,15,17,19,21,27-31,51,60H,1,11-14,16,18,20,22-26H2,2-9H3,(H4,55,56,57,58,59,61,62,63,64);/p-4/b33-17+,34-19+,35-21+,43-27?,44-29?,45-28?,46-27?,47-30?,48-30?,49-28?,50-29?;/t51-;/m0./s1. The predicted molar refractivity (Wildman–Crippen MR) is 254 cm³/mol. The Morgan fingerprint density at radius 3 is 1.72 bits per heavy atom. The van der Waals surface area contributed by atoms with E-state index in [9.17, 15) is 29.7 Å². The number of aryl methyl sites for hydroxylation is 3. The van der Waals surface area contributed by atoms with E-state index < -0.39 is 18.0 Å². The fraction of sp³-hybridized carbons (Fsp3) is 0.389. The van der Waals surface area contributed by atoms with E-state index >= 15 is 0 Å². The van der Waals surface area contributed by atoms with Crippen LogP contribution in [-0.4, -0.2) is 33.3 Å². The second-order valence-corrected chi connectivity index (χ2v) is 17.4. The molecule has 0 fully saturated rings. The van der Waals surface area contributed by atoms with Gasteiger partial charge in [-0.05, 0) is 149 Å². The maximum Gasteiger partial charge on any atom is 0.152 e. The van der Waals surface area contributed by atoms with Gasteiger partial charge < -0.3 is 34.9 Å². The van der Waals surface area contributed by atoms with Crippen LogP contribution in [0.4, 0.5) is 0 Å². The van der Waals surface area contributed by atoms with E-state index in [1.165, 1.54) is 22.3 Å². The maximum atomic E-state index is 12.8. The maximum absolute atomic E-state index is 12.8. The number of carbonyl (C=O) groups is 3. The van der Waals surface area contributed by atoms with Crippen LogP contribution in [0.15, 0.2) is 83.5 Å². The summed E-state index contributed by atoms with van der Waals surface area (Å²) in [5.41, 5.74) is 14.3. The number of carboxylic acids is 2. The smallest absolute Gasteiger partial charge is 0.152 e. The summed E-state index contributed by atoms with van der Waals surface area (Å²) in [7, 11) is 0. The van der Waals surface area contributed by atoms with Crippen LogP contribution in [0.2, 0.25) is 0 Å². The number of aliphatic carboxylic acids is 2. The first-order valence-corrected chi connectivity index (χ1v) is 22.4. The topological polar surface area (TPSA) is 172 Å². The molecule has 0 radical (unpaired) electrons. The van der Waals surface area contributed by atoms with E-state index in [2.05, 4.69) is 65.5 Å². The number of allylic oxidation sites excluding steroid dienone is 13. The van der Waals surface area contributed by atoms with Crippen molar-refractivity contribution in [3.8, 4) is 0 Å². The molecule has 346 valence electrons. The molecule has 0 saturated carbocycles. The van der Waals surface area contributed by atoms with Gasteiger partial charge in [0.1, 0.15) is 0 Å². The van der Waals surface area contributed by atoms with Gasteiger partial charge in [-0.15, -0.1) is 22.1 Å². The quantitative estimate of drug-likeness (QED) is 0.0616. The van der Waals surface area contributed by atoms with Crippen LogP contribution in [0.25, 0.3) is 44.4 Å². The Hall–Kier alpha value is -5.61. The summed E-state index contributed by atoms with van der Waals surface area (Å²) >= 11 is 0. The number of fused-ring (bicyclic) bond motifs is 8. The third-order valence-electron chi connectivity index (χ3n) is 12.1. The van der Waals surface area contributed by atoms with Crippen LogP contribution >= 0.6 is 0 Å². The van der Waals surface area contributed by atoms with Crippen LogP contribution in [-0.2, 0) is 37.9 Å². The van der Waals surface area contributed by atoms with Crippen molar-refractivity contribution < 1.29 is 46.8 Å². The molecule has 0 aromatic carbocycles. The summed E-state index contributed by atoms with van der Waals surface area (Å²) in [4.78, 5) is 55.8. The molecule has 0 saturated heterocycles. The molecule has 11 heteroatoms. The average molecular weight is 919 g/mol. The molecule has 5 rings (SSSR count). The molecule has 5 heterocycles. The van der Waals surface area contributed by atoms with Crippen LogP contribution in [0, 0.1) is 13.8 Å². The zero-order valence-electron chi connectivity index (χ0n) is 39.2. The van der Waals surface area contributed by atoms with Crippen molar-refractivity contribution >= 4 is 62.6 Å². The Kier molecular flexibility index (Phi) is 19.3. The first kappa shape index (κ1) is 52.0. The van der Waals surface area contributed by atoms with Crippen molar-refractivity contribution in [3.63, 3.8) is 0 Å². The fourth-order valence-electron chi connectivity index (χ4n) is 8.36. The summed E-state index contributed by atoms with van der Waals surface area (Å²) in [6, 6.07) is 7.04. The molecule has 1 N–H and O–H groups in total. The molecule has 0 spiro atoms. The number of carboxylic acid groups (broad SMARTS) is 2. The number of aliphatic hydroxyl groups excluding tert-OH is 1. The molecule has 0 aliphatic carbocycles. The zero-order valence-corrected chi connectivity index (χ0v) is 40.3. The third kappa shape index (κ3) is 13.7. The summed E-state index contributed by atoms with van der Waals surface area (Å²) in [6.07, 6.45) is 17.5. The number of aldehydes is 1. The van der Waals surface area contributed by atoms with Gasteiger partial charge in [0.15, 0.2) is 6.29 Å². The van der Waals surface area contributed by atoms with Crippen LogP contribution in [0.1, 0.15) is 163 Å². The van der Waals surface area contributed by atoms with Crippen molar-refractivity contribution in [1.82, 2.24) is 19.9 Å². The fourth-order valence-corrected chi connectivity index (χ4v) is 8.36. The zero-order chi connectivity index (χ0) is 46.7.